The van der Waals surface area contributed by atoms with E-state index >= 15 is 0 Å². The largest absolute Gasteiger partial charge is 0.369 e. The van der Waals surface area contributed by atoms with Crippen molar-refractivity contribution in [3.63, 3.8) is 0 Å². The van der Waals surface area contributed by atoms with E-state index in [1.54, 1.807) is 12.3 Å². The van der Waals surface area contributed by atoms with E-state index < -0.39 is 0 Å². The number of anilines is 3. The van der Waals surface area contributed by atoms with Gasteiger partial charge in [0.05, 0.1) is 0 Å². The Bertz CT molecular complexity index is 766. The average Bonchev–Trinajstić information content (AvgIpc) is 3.47. The van der Waals surface area contributed by atoms with E-state index in [-0.39, 0.29) is 5.91 Å². The molecule has 1 aromatic heterocycles. The molecule has 0 bridgehead atoms. The summed E-state index contributed by atoms with van der Waals surface area (Å²) in [6.45, 7) is 4.27. The van der Waals surface area contributed by atoms with Crippen LogP contribution in [0.25, 0.3) is 0 Å². The van der Waals surface area contributed by atoms with E-state index in [1.807, 2.05) is 12.1 Å². The topological polar surface area (TPSA) is 73.4 Å². The number of benzene rings is 1. The number of carbonyl (C=O) groups is 1. The maximum absolute atomic E-state index is 12.1. The molecule has 0 atom stereocenters. The van der Waals surface area contributed by atoms with Crippen LogP contribution in [-0.2, 0) is 0 Å². The molecule has 2 N–H and O–H groups in total. The Morgan fingerprint density at radius 3 is 2.50 bits per heavy atom. The molecule has 26 heavy (non-hydrogen) atoms. The lowest BCUT2D eigenvalue weighted by Crippen LogP contribution is -2.44. The van der Waals surface area contributed by atoms with Gasteiger partial charge in [-0.1, -0.05) is 0 Å². The maximum atomic E-state index is 12.1. The lowest BCUT2D eigenvalue weighted by atomic mass is 10.2. The zero-order chi connectivity index (χ0) is 17.9. The molecule has 1 saturated carbocycles. The molecule has 0 spiro atoms. The minimum Gasteiger partial charge on any atom is -0.369 e. The van der Waals surface area contributed by atoms with Crippen LogP contribution in [0.3, 0.4) is 0 Å². The Hall–Kier alpha value is -2.67. The van der Waals surface area contributed by atoms with Crippen LogP contribution in [0.2, 0.25) is 0 Å². The molecule has 1 saturated heterocycles. The summed E-state index contributed by atoms with van der Waals surface area (Å²) in [6.07, 6.45) is 3.72. The van der Waals surface area contributed by atoms with Crippen molar-refractivity contribution in [2.45, 2.75) is 18.9 Å². The van der Waals surface area contributed by atoms with Crippen molar-refractivity contribution in [3.8, 4) is 0 Å². The molecule has 4 rings (SSSR count). The van der Waals surface area contributed by atoms with Crippen LogP contribution in [0.15, 0.2) is 36.5 Å². The van der Waals surface area contributed by atoms with Gasteiger partial charge in [0.2, 0.25) is 5.95 Å². The van der Waals surface area contributed by atoms with Crippen LogP contribution >= 0.6 is 0 Å². The van der Waals surface area contributed by atoms with E-state index in [9.17, 15) is 4.79 Å². The molecule has 2 fully saturated rings. The second-order valence-electron chi connectivity index (χ2n) is 6.98. The molecule has 1 aliphatic carbocycles. The molecule has 1 aliphatic heterocycles. The van der Waals surface area contributed by atoms with Crippen molar-refractivity contribution in [3.05, 3.63) is 42.2 Å². The van der Waals surface area contributed by atoms with Crippen molar-refractivity contribution in [1.29, 1.82) is 0 Å². The molecule has 7 heteroatoms. The first kappa shape index (κ1) is 16.8. The third-order valence-corrected chi connectivity index (χ3v) is 4.79. The second-order valence-corrected chi connectivity index (χ2v) is 6.98. The average molecular weight is 352 g/mol. The number of rotatable bonds is 5. The fourth-order valence-electron chi connectivity index (χ4n) is 2.98. The lowest BCUT2D eigenvalue weighted by molar-refractivity contribution is 0.0946. The van der Waals surface area contributed by atoms with Gasteiger partial charge in [-0.15, -0.1) is 0 Å². The third-order valence-electron chi connectivity index (χ3n) is 4.79. The number of nitrogens with one attached hydrogen (secondary N) is 2. The van der Waals surface area contributed by atoms with Gasteiger partial charge in [0.25, 0.3) is 5.91 Å². The van der Waals surface area contributed by atoms with Crippen LogP contribution in [0.1, 0.15) is 23.3 Å². The van der Waals surface area contributed by atoms with E-state index in [0.717, 1.165) is 44.7 Å². The number of amides is 1. The summed E-state index contributed by atoms with van der Waals surface area (Å²) in [4.78, 5) is 25.4. The zero-order valence-electron chi connectivity index (χ0n) is 15.0. The zero-order valence-corrected chi connectivity index (χ0v) is 15.0. The number of hydrogen-bond donors (Lipinski definition) is 2. The quantitative estimate of drug-likeness (QED) is 0.856. The first-order valence-corrected chi connectivity index (χ1v) is 9.12. The molecule has 0 unspecified atom stereocenters. The summed E-state index contributed by atoms with van der Waals surface area (Å²) in [6, 6.07) is 10.2. The summed E-state index contributed by atoms with van der Waals surface area (Å²) in [5, 5.41) is 6.12. The molecule has 2 heterocycles. The Morgan fingerprint density at radius 2 is 1.81 bits per heavy atom. The minimum absolute atomic E-state index is 0.136. The van der Waals surface area contributed by atoms with Gasteiger partial charge in [-0.3, -0.25) is 4.79 Å². The van der Waals surface area contributed by atoms with E-state index in [1.165, 1.54) is 5.69 Å². The van der Waals surface area contributed by atoms with E-state index in [4.69, 9.17) is 0 Å². The standard InChI is InChI=1S/C19H24N6O/c1-24-10-12-25(13-11-24)16-6-4-15(5-7-16)22-19-20-9-8-17(23-19)18(26)21-14-2-3-14/h4-9,14H,2-3,10-13H2,1H3,(H,21,26)(H,20,22,23). The molecule has 1 aromatic carbocycles. The van der Waals surface area contributed by atoms with Gasteiger partial charge in [-0.2, -0.15) is 0 Å². The van der Waals surface area contributed by atoms with E-state index in [2.05, 4.69) is 49.6 Å². The highest BCUT2D eigenvalue weighted by Gasteiger charge is 2.24. The van der Waals surface area contributed by atoms with Crippen molar-refractivity contribution >= 4 is 23.2 Å². The van der Waals surface area contributed by atoms with Crippen molar-refractivity contribution in [2.75, 3.05) is 43.4 Å². The van der Waals surface area contributed by atoms with Crippen LogP contribution in [0.4, 0.5) is 17.3 Å². The number of likely N-dealkylation sites (N-methyl/N-ethyl adjacent to an activating group) is 1. The van der Waals surface area contributed by atoms with Gasteiger partial charge in [0.1, 0.15) is 5.69 Å². The number of nitrogens with zero attached hydrogens (tertiary/aromatic N) is 4. The Labute approximate surface area is 153 Å². The van der Waals surface area contributed by atoms with Gasteiger partial charge in [0, 0.05) is 49.8 Å². The first-order valence-electron chi connectivity index (χ1n) is 9.12. The Morgan fingerprint density at radius 1 is 1.08 bits per heavy atom. The van der Waals surface area contributed by atoms with Crippen LogP contribution < -0.4 is 15.5 Å². The molecule has 0 radical (unpaired) electrons. The smallest absolute Gasteiger partial charge is 0.270 e. The number of piperazine rings is 1. The van der Waals surface area contributed by atoms with Gasteiger partial charge in [-0.25, -0.2) is 9.97 Å². The van der Waals surface area contributed by atoms with Crippen molar-refractivity contribution in [2.24, 2.45) is 0 Å². The Balaban J connectivity index is 1.40. The predicted octanol–water partition coefficient (Wildman–Crippen LogP) is 1.86. The lowest BCUT2D eigenvalue weighted by Gasteiger charge is -2.34. The second kappa shape index (κ2) is 7.29. The van der Waals surface area contributed by atoms with Crippen LogP contribution in [-0.4, -0.2) is 60.0 Å². The van der Waals surface area contributed by atoms with Crippen molar-refractivity contribution in [1.82, 2.24) is 20.2 Å². The third kappa shape index (κ3) is 4.11. The highest BCUT2D eigenvalue weighted by molar-refractivity contribution is 5.92. The summed E-state index contributed by atoms with van der Waals surface area (Å²) in [5.41, 5.74) is 2.52. The van der Waals surface area contributed by atoms with Crippen LogP contribution in [0, 0.1) is 0 Å². The molecule has 1 amide bonds. The summed E-state index contributed by atoms with van der Waals surface area (Å²) >= 11 is 0. The summed E-state index contributed by atoms with van der Waals surface area (Å²) in [7, 11) is 2.16. The van der Waals surface area contributed by atoms with Gasteiger partial charge in [-0.05, 0) is 50.2 Å². The summed E-state index contributed by atoms with van der Waals surface area (Å²) in [5.74, 6) is 0.296. The summed E-state index contributed by atoms with van der Waals surface area (Å²) < 4.78 is 0. The highest BCUT2D eigenvalue weighted by Crippen LogP contribution is 2.21. The molecular formula is C19H24N6O. The molecule has 2 aliphatic rings. The number of hydrogen-bond acceptors (Lipinski definition) is 6. The van der Waals surface area contributed by atoms with Crippen molar-refractivity contribution < 1.29 is 4.79 Å². The molecule has 136 valence electrons. The first-order chi connectivity index (χ1) is 12.7. The highest BCUT2D eigenvalue weighted by atomic mass is 16.2. The van der Waals surface area contributed by atoms with Gasteiger partial charge in [0.15, 0.2) is 0 Å². The van der Waals surface area contributed by atoms with Crippen LogP contribution in [0.5, 0.6) is 0 Å². The molecule has 2 aromatic rings. The maximum Gasteiger partial charge on any atom is 0.270 e. The number of aromatic nitrogens is 2. The van der Waals surface area contributed by atoms with Gasteiger partial charge < -0.3 is 20.4 Å². The van der Waals surface area contributed by atoms with Gasteiger partial charge >= 0.3 is 0 Å². The predicted molar refractivity (Wildman–Crippen MR) is 102 cm³/mol. The fourth-order valence-corrected chi connectivity index (χ4v) is 2.98. The SMILES string of the molecule is CN1CCN(c2ccc(Nc3nccc(C(=O)NC4CC4)n3)cc2)CC1. The Kier molecular flexibility index (Phi) is 4.71. The number of carbonyl (C=O) groups excluding carboxylic acids is 1. The monoisotopic (exact) mass is 352 g/mol. The van der Waals surface area contributed by atoms with E-state index in [0.29, 0.717) is 17.7 Å². The molecule has 7 nitrogen and oxygen atoms in total. The normalized spacial score (nSPS) is 17.8. The molecular weight excluding hydrogens is 328 g/mol. The minimum atomic E-state index is -0.136. The fraction of sp³-hybridized carbons (Fsp3) is 0.421.